The zero-order valence-corrected chi connectivity index (χ0v) is 14.8. The molecule has 0 saturated carbocycles. The monoisotopic (exact) mass is 356 g/mol. The molecule has 8 heteroatoms. The molecular formula is C15H20N2O4S2. The van der Waals surface area contributed by atoms with Crippen LogP contribution in [0.5, 0.6) is 0 Å². The van der Waals surface area contributed by atoms with Crippen LogP contribution in [0.25, 0.3) is 0 Å². The predicted octanol–water partition coefficient (Wildman–Crippen LogP) is 1.53. The Bertz CT molecular complexity index is 825. The molecule has 1 aromatic carbocycles. The van der Waals surface area contributed by atoms with Gasteiger partial charge in [0.05, 0.1) is 28.0 Å². The van der Waals surface area contributed by atoms with E-state index in [1.165, 1.54) is 28.6 Å². The SMILES string of the molecule is CC[C@H](C)N([C@H]1CCS(=O)(=O)C1)S(=O)(=O)c1cccc(C#N)c1. The highest BCUT2D eigenvalue weighted by Gasteiger charge is 2.40. The van der Waals surface area contributed by atoms with Crippen molar-refractivity contribution >= 4 is 19.9 Å². The Labute approximate surface area is 137 Å². The minimum absolute atomic E-state index is 0.0123. The summed E-state index contributed by atoms with van der Waals surface area (Å²) in [4.78, 5) is 0.0288. The maximum absolute atomic E-state index is 13.0. The van der Waals surface area contributed by atoms with E-state index in [-0.39, 0.29) is 28.0 Å². The summed E-state index contributed by atoms with van der Waals surface area (Å²) in [6, 6.07) is 6.88. The molecule has 0 amide bonds. The number of sulfone groups is 1. The number of nitriles is 1. The molecule has 0 unspecified atom stereocenters. The van der Waals surface area contributed by atoms with Gasteiger partial charge in [-0.15, -0.1) is 0 Å². The first-order valence-electron chi connectivity index (χ1n) is 7.45. The van der Waals surface area contributed by atoms with Crippen LogP contribution < -0.4 is 0 Å². The summed E-state index contributed by atoms with van der Waals surface area (Å²) in [5.74, 6) is -0.132. The molecule has 2 atom stereocenters. The van der Waals surface area contributed by atoms with Gasteiger partial charge in [0, 0.05) is 12.1 Å². The van der Waals surface area contributed by atoms with Crippen LogP contribution in [-0.4, -0.2) is 44.7 Å². The molecule has 0 aromatic heterocycles. The molecule has 1 aromatic rings. The smallest absolute Gasteiger partial charge is 0.229 e. The molecule has 1 saturated heterocycles. The van der Waals surface area contributed by atoms with Gasteiger partial charge in [0.15, 0.2) is 9.84 Å². The molecule has 2 rings (SSSR count). The van der Waals surface area contributed by atoms with Crippen molar-refractivity contribution in [3.8, 4) is 6.07 Å². The summed E-state index contributed by atoms with van der Waals surface area (Å²) in [6.07, 6.45) is 0.886. The third-order valence-corrected chi connectivity index (χ3v) is 7.95. The lowest BCUT2D eigenvalue weighted by molar-refractivity contribution is 0.271. The first-order valence-corrected chi connectivity index (χ1v) is 10.7. The summed E-state index contributed by atoms with van der Waals surface area (Å²) in [5, 5.41) is 8.96. The maximum atomic E-state index is 13.0. The fraction of sp³-hybridized carbons (Fsp3) is 0.533. The largest absolute Gasteiger partial charge is 0.243 e. The minimum Gasteiger partial charge on any atom is -0.229 e. The highest BCUT2D eigenvalue weighted by Crippen LogP contribution is 2.28. The van der Waals surface area contributed by atoms with Crippen LogP contribution in [0.4, 0.5) is 0 Å². The molecule has 126 valence electrons. The third-order valence-electron chi connectivity index (χ3n) is 4.13. The second-order valence-corrected chi connectivity index (χ2v) is 9.86. The summed E-state index contributed by atoms with van der Waals surface area (Å²) < 4.78 is 50.9. The standard InChI is InChI=1S/C15H20N2O4S2/c1-3-12(2)17(14-7-8-22(18,19)11-14)23(20,21)15-6-4-5-13(9-15)10-16/h4-6,9,12,14H,3,7-8,11H2,1-2H3/t12-,14-/m0/s1. The zero-order chi connectivity index (χ0) is 17.3. The molecule has 0 N–H and O–H groups in total. The van der Waals surface area contributed by atoms with Gasteiger partial charge in [-0.05, 0) is 38.0 Å². The van der Waals surface area contributed by atoms with E-state index in [2.05, 4.69) is 0 Å². The first kappa shape index (κ1) is 17.9. The van der Waals surface area contributed by atoms with Gasteiger partial charge in [-0.3, -0.25) is 0 Å². The third kappa shape index (κ3) is 3.74. The van der Waals surface area contributed by atoms with Crippen molar-refractivity contribution in [3.63, 3.8) is 0 Å². The Kier molecular flexibility index (Phi) is 5.14. The van der Waals surface area contributed by atoms with E-state index < -0.39 is 25.9 Å². The van der Waals surface area contributed by atoms with E-state index in [0.29, 0.717) is 12.8 Å². The number of nitrogens with zero attached hydrogens (tertiary/aromatic N) is 2. The molecule has 0 bridgehead atoms. The molecule has 23 heavy (non-hydrogen) atoms. The van der Waals surface area contributed by atoms with Gasteiger partial charge < -0.3 is 0 Å². The molecule has 1 aliphatic heterocycles. The lowest BCUT2D eigenvalue weighted by atomic mass is 10.2. The zero-order valence-electron chi connectivity index (χ0n) is 13.1. The van der Waals surface area contributed by atoms with Gasteiger partial charge in [-0.2, -0.15) is 9.57 Å². The summed E-state index contributed by atoms with van der Waals surface area (Å²) in [7, 11) is -7.06. The van der Waals surface area contributed by atoms with Crippen LogP contribution in [0.1, 0.15) is 32.3 Å². The van der Waals surface area contributed by atoms with Crippen molar-refractivity contribution in [2.75, 3.05) is 11.5 Å². The lowest BCUT2D eigenvalue weighted by Crippen LogP contribution is -2.46. The van der Waals surface area contributed by atoms with Gasteiger partial charge in [-0.1, -0.05) is 13.0 Å². The van der Waals surface area contributed by atoms with Crippen LogP contribution in [0, 0.1) is 11.3 Å². The fourth-order valence-electron chi connectivity index (χ4n) is 2.80. The van der Waals surface area contributed by atoms with Gasteiger partial charge >= 0.3 is 0 Å². The van der Waals surface area contributed by atoms with Crippen LogP contribution in [0.15, 0.2) is 29.2 Å². The molecular weight excluding hydrogens is 336 g/mol. The Balaban J connectivity index is 2.48. The van der Waals surface area contributed by atoms with Crippen molar-refractivity contribution in [2.45, 2.75) is 43.7 Å². The van der Waals surface area contributed by atoms with E-state index in [1.807, 2.05) is 13.0 Å². The summed E-state index contributed by atoms with van der Waals surface area (Å²) >= 11 is 0. The van der Waals surface area contributed by atoms with Crippen LogP contribution in [0.3, 0.4) is 0 Å². The van der Waals surface area contributed by atoms with Crippen molar-refractivity contribution < 1.29 is 16.8 Å². The average Bonchev–Trinajstić information content (AvgIpc) is 2.86. The predicted molar refractivity (Wildman–Crippen MR) is 87.0 cm³/mol. The number of rotatable bonds is 5. The van der Waals surface area contributed by atoms with Crippen molar-refractivity contribution in [2.24, 2.45) is 0 Å². The topological polar surface area (TPSA) is 95.3 Å². The Morgan fingerprint density at radius 1 is 1.43 bits per heavy atom. The van der Waals surface area contributed by atoms with Crippen LogP contribution in [0.2, 0.25) is 0 Å². The molecule has 0 spiro atoms. The van der Waals surface area contributed by atoms with Crippen LogP contribution >= 0.6 is 0 Å². The van der Waals surface area contributed by atoms with E-state index in [0.717, 1.165) is 0 Å². The maximum Gasteiger partial charge on any atom is 0.243 e. The minimum atomic E-state index is -3.86. The van der Waals surface area contributed by atoms with E-state index >= 15 is 0 Å². The second kappa shape index (κ2) is 6.59. The second-order valence-electron chi connectivity index (χ2n) is 5.79. The number of benzene rings is 1. The van der Waals surface area contributed by atoms with E-state index in [4.69, 9.17) is 5.26 Å². The number of hydrogen-bond donors (Lipinski definition) is 0. The molecule has 6 nitrogen and oxygen atoms in total. The van der Waals surface area contributed by atoms with Gasteiger partial charge in [0.2, 0.25) is 10.0 Å². The Hall–Kier alpha value is -1.43. The van der Waals surface area contributed by atoms with Crippen molar-refractivity contribution in [3.05, 3.63) is 29.8 Å². The molecule has 1 fully saturated rings. The quantitative estimate of drug-likeness (QED) is 0.797. The lowest BCUT2D eigenvalue weighted by Gasteiger charge is -2.32. The molecule has 0 radical (unpaired) electrons. The van der Waals surface area contributed by atoms with Crippen LogP contribution in [-0.2, 0) is 19.9 Å². The number of sulfonamides is 1. The van der Waals surface area contributed by atoms with Gasteiger partial charge in [0.1, 0.15) is 0 Å². The van der Waals surface area contributed by atoms with Gasteiger partial charge in [-0.25, -0.2) is 16.8 Å². The normalized spacial score (nSPS) is 21.9. The fourth-order valence-corrected chi connectivity index (χ4v) is 6.57. The Morgan fingerprint density at radius 2 is 2.13 bits per heavy atom. The summed E-state index contributed by atoms with van der Waals surface area (Å²) in [5.41, 5.74) is 0.259. The van der Waals surface area contributed by atoms with Crippen molar-refractivity contribution in [1.82, 2.24) is 4.31 Å². The van der Waals surface area contributed by atoms with Gasteiger partial charge in [0.25, 0.3) is 0 Å². The highest BCUT2D eigenvalue weighted by molar-refractivity contribution is 7.92. The average molecular weight is 356 g/mol. The highest BCUT2D eigenvalue weighted by atomic mass is 32.2. The van der Waals surface area contributed by atoms with Crippen molar-refractivity contribution in [1.29, 1.82) is 5.26 Å². The molecule has 1 heterocycles. The molecule has 0 aliphatic carbocycles. The summed E-state index contributed by atoms with van der Waals surface area (Å²) in [6.45, 7) is 3.64. The number of hydrogen-bond acceptors (Lipinski definition) is 5. The Morgan fingerprint density at radius 3 is 2.65 bits per heavy atom. The van der Waals surface area contributed by atoms with E-state index in [1.54, 1.807) is 6.92 Å². The molecule has 1 aliphatic rings. The van der Waals surface area contributed by atoms with E-state index in [9.17, 15) is 16.8 Å². The first-order chi connectivity index (χ1) is 10.7.